The van der Waals surface area contributed by atoms with E-state index >= 15 is 0 Å². The molecule has 0 spiro atoms. The number of carbonyl (C=O) groups excluding carboxylic acids is 2. The summed E-state index contributed by atoms with van der Waals surface area (Å²) < 4.78 is 45.1. The lowest BCUT2D eigenvalue weighted by Gasteiger charge is -2.26. The van der Waals surface area contributed by atoms with Crippen LogP contribution < -0.4 is 14.5 Å². The van der Waals surface area contributed by atoms with Gasteiger partial charge in [0.25, 0.3) is 11.7 Å². The molecule has 0 saturated carbocycles. The van der Waals surface area contributed by atoms with Crippen LogP contribution in [0.4, 0.5) is 24.5 Å². The maximum atomic E-state index is 13.3. The molecular weight excluding hydrogens is 497 g/mol. The Hall–Kier alpha value is -4.27. The first-order valence-electron chi connectivity index (χ1n) is 12.0. The Balaban J connectivity index is 1.87. The first kappa shape index (κ1) is 26.8. The lowest BCUT2D eigenvalue weighted by Crippen LogP contribution is -2.29. The van der Waals surface area contributed by atoms with Crippen LogP contribution in [-0.4, -0.2) is 37.5 Å². The number of hydrogen-bond acceptors (Lipinski definition) is 5. The third kappa shape index (κ3) is 5.22. The van der Waals surface area contributed by atoms with Gasteiger partial charge in [0.1, 0.15) is 11.5 Å². The van der Waals surface area contributed by atoms with Crippen molar-refractivity contribution in [3.8, 4) is 5.75 Å². The number of aliphatic hydroxyl groups excluding tert-OH is 1. The number of Topliss-reactive ketones (excluding diaryl/α,β-unsaturated/α-hetero) is 1. The van der Waals surface area contributed by atoms with E-state index in [0.717, 1.165) is 41.3 Å². The number of nitrogens with zero attached hydrogens (tertiary/aromatic N) is 2. The van der Waals surface area contributed by atoms with Crippen molar-refractivity contribution >= 4 is 28.8 Å². The third-order valence-corrected chi connectivity index (χ3v) is 6.22. The number of carbonyl (C=O) groups is 2. The molecule has 6 nitrogen and oxygen atoms in total. The normalized spacial score (nSPS) is 17.1. The van der Waals surface area contributed by atoms with Crippen molar-refractivity contribution in [1.29, 1.82) is 0 Å². The minimum atomic E-state index is -4.56. The molecule has 198 valence electrons. The van der Waals surface area contributed by atoms with Crippen LogP contribution in [0.1, 0.15) is 36.1 Å². The smallest absolute Gasteiger partial charge is 0.416 e. The van der Waals surface area contributed by atoms with Gasteiger partial charge in [0, 0.05) is 31.0 Å². The minimum Gasteiger partial charge on any atom is -0.507 e. The van der Waals surface area contributed by atoms with Crippen LogP contribution in [0.25, 0.3) is 5.76 Å². The molecule has 0 aromatic heterocycles. The Morgan fingerprint density at radius 3 is 2.24 bits per heavy atom. The fourth-order valence-corrected chi connectivity index (χ4v) is 4.29. The molecule has 3 aromatic carbocycles. The second-order valence-electron chi connectivity index (χ2n) is 9.08. The number of anilines is 2. The zero-order valence-corrected chi connectivity index (χ0v) is 21.1. The molecule has 1 aliphatic rings. The van der Waals surface area contributed by atoms with Crippen molar-refractivity contribution in [2.75, 3.05) is 30.5 Å². The number of rotatable bonds is 7. The molecule has 38 heavy (non-hydrogen) atoms. The lowest BCUT2D eigenvalue weighted by atomic mass is 9.94. The first-order valence-corrected chi connectivity index (χ1v) is 12.0. The Morgan fingerprint density at radius 1 is 1.00 bits per heavy atom. The van der Waals surface area contributed by atoms with Gasteiger partial charge in [-0.25, -0.2) is 0 Å². The summed E-state index contributed by atoms with van der Waals surface area (Å²) in [6.07, 6.45) is -3.78. The van der Waals surface area contributed by atoms with Gasteiger partial charge in [0.05, 0.1) is 23.8 Å². The Labute approximate surface area is 218 Å². The summed E-state index contributed by atoms with van der Waals surface area (Å²) in [6, 6.07) is 16.5. The summed E-state index contributed by atoms with van der Waals surface area (Å²) >= 11 is 0. The van der Waals surface area contributed by atoms with Crippen molar-refractivity contribution in [3.05, 3.63) is 95.1 Å². The van der Waals surface area contributed by atoms with E-state index in [-0.39, 0.29) is 16.8 Å². The van der Waals surface area contributed by atoms with Crippen molar-refractivity contribution < 1.29 is 32.6 Å². The molecule has 1 aliphatic heterocycles. The molecule has 0 radical (unpaired) electrons. The third-order valence-electron chi connectivity index (χ3n) is 6.22. The van der Waals surface area contributed by atoms with Gasteiger partial charge in [-0.05, 0) is 60.5 Å². The van der Waals surface area contributed by atoms with Crippen LogP contribution in [0, 0.1) is 0 Å². The van der Waals surface area contributed by atoms with Crippen LogP contribution >= 0.6 is 0 Å². The summed E-state index contributed by atoms with van der Waals surface area (Å²) in [7, 11) is 3.72. The van der Waals surface area contributed by atoms with E-state index in [1.54, 1.807) is 48.5 Å². The van der Waals surface area contributed by atoms with Crippen molar-refractivity contribution in [1.82, 2.24) is 0 Å². The Kier molecular flexibility index (Phi) is 7.48. The van der Waals surface area contributed by atoms with Gasteiger partial charge in [-0.15, -0.1) is 0 Å². The molecule has 3 aromatic rings. The average Bonchev–Trinajstić information content (AvgIpc) is 3.17. The van der Waals surface area contributed by atoms with Crippen LogP contribution in [0.2, 0.25) is 0 Å². The molecule has 1 heterocycles. The summed E-state index contributed by atoms with van der Waals surface area (Å²) in [6.45, 7) is 2.41. The average molecular weight is 525 g/mol. The predicted octanol–water partition coefficient (Wildman–Crippen LogP) is 6.19. The van der Waals surface area contributed by atoms with Crippen molar-refractivity contribution in [2.45, 2.75) is 25.6 Å². The molecule has 0 aliphatic carbocycles. The van der Waals surface area contributed by atoms with Gasteiger partial charge in [-0.2, -0.15) is 13.2 Å². The monoisotopic (exact) mass is 524 g/mol. The lowest BCUT2D eigenvalue weighted by molar-refractivity contribution is -0.137. The Morgan fingerprint density at radius 2 is 1.66 bits per heavy atom. The van der Waals surface area contributed by atoms with Gasteiger partial charge in [0.15, 0.2) is 0 Å². The van der Waals surface area contributed by atoms with Crippen molar-refractivity contribution in [2.24, 2.45) is 0 Å². The van der Waals surface area contributed by atoms with Gasteiger partial charge in [0.2, 0.25) is 0 Å². The van der Waals surface area contributed by atoms with E-state index in [9.17, 15) is 27.9 Å². The predicted molar refractivity (Wildman–Crippen MR) is 139 cm³/mol. The van der Waals surface area contributed by atoms with E-state index in [1.165, 1.54) is 0 Å². The molecule has 9 heteroatoms. The van der Waals surface area contributed by atoms with Gasteiger partial charge in [-0.3, -0.25) is 14.5 Å². The molecule has 4 rings (SSSR count). The van der Waals surface area contributed by atoms with E-state index in [2.05, 4.69) is 0 Å². The number of alkyl halides is 3. The largest absolute Gasteiger partial charge is 0.507 e. The number of aliphatic hydroxyl groups is 1. The standard InChI is InChI=1S/C29H27F3N2O4/c1-4-16-38-23-7-5-6-19(17-23)26(35)24-25(18-8-12-21(13-9-18)33(2)3)34(28(37)27(24)36)22-14-10-20(11-15-22)29(30,31)32/h5-15,17,25,35H,4,16H2,1-3H3/b26-24+. The number of hydrogen-bond donors (Lipinski definition) is 1. The molecule has 1 amide bonds. The second kappa shape index (κ2) is 10.6. The van der Waals surface area contributed by atoms with Crippen LogP contribution in [-0.2, 0) is 15.8 Å². The number of halogens is 3. The molecule has 1 saturated heterocycles. The number of benzene rings is 3. The van der Waals surface area contributed by atoms with E-state index < -0.39 is 35.2 Å². The quantitative estimate of drug-likeness (QED) is 0.227. The highest BCUT2D eigenvalue weighted by atomic mass is 19.4. The number of ketones is 1. The summed E-state index contributed by atoms with van der Waals surface area (Å²) in [4.78, 5) is 29.6. The highest BCUT2D eigenvalue weighted by molar-refractivity contribution is 6.51. The fourth-order valence-electron chi connectivity index (χ4n) is 4.29. The maximum Gasteiger partial charge on any atom is 0.416 e. The summed E-state index contributed by atoms with van der Waals surface area (Å²) in [5.41, 5.74) is 0.698. The Bertz CT molecular complexity index is 1360. The first-order chi connectivity index (χ1) is 18.0. The molecule has 0 bridgehead atoms. The SMILES string of the molecule is CCCOc1cccc(/C(O)=C2\C(=O)C(=O)N(c3ccc(C(F)(F)F)cc3)C2c2ccc(N(C)C)cc2)c1. The molecular formula is C29H27F3N2O4. The van der Waals surface area contributed by atoms with Crippen LogP contribution in [0.5, 0.6) is 5.75 Å². The van der Waals surface area contributed by atoms with E-state index in [4.69, 9.17) is 4.74 Å². The number of amides is 1. The molecule has 1 atom stereocenters. The topological polar surface area (TPSA) is 70.1 Å². The van der Waals surface area contributed by atoms with Crippen LogP contribution in [0.15, 0.2) is 78.4 Å². The highest BCUT2D eigenvalue weighted by Gasteiger charge is 2.47. The van der Waals surface area contributed by atoms with Crippen LogP contribution in [0.3, 0.4) is 0 Å². The van der Waals surface area contributed by atoms with E-state index in [1.807, 2.05) is 25.9 Å². The minimum absolute atomic E-state index is 0.0980. The van der Waals surface area contributed by atoms with Gasteiger partial charge >= 0.3 is 6.18 Å². The van der Waals surface area contributed by atoms with E-state index in [0.29, 0.717) is 17.9 Å². The maximum absolute atomic E-state index is 13.3. The zero-order valence-electron chi connectivity index (χ0n) is 21.1. The molecule has 1 fully saturated rings. The van der Waals surface area contributed by atoms with Gasteiger partial charge in [-0.1, -0.05) is 31.2 Å². The second-order valence-corrected chi connectivity index (χ2v) is 9.08. The molecule has 1 N–H and O–H groups in total. The van der Waals surface area contributed by atoms with Gasteiger partial charge < -0.3 is 14.7 Å². The summed E-state index contributed by atoms with van der Waals surface area (Å²) in [5.74, 6) is -1.81. The highest BCUT2D eigenvalue weighted by Crippen LogP contribution is 2.43. The number of ether oxygens (including phenoxy) is 1. The molecule has 1 unspecified atom stereocenters. The zero-order chi connectivity index (χ0) is 27.6. The summed E-state index contributed by atoms with van der Waals surface area (Å²) in [5, 5.41) is 11.3. The van der Waals surface area contributed by atoms with Crippen molar-refractivity contribution in [3.63, 3.8) is 0 Å². The fraction of sp³-hybridized carbons (Fsp3) is 0.241.